The molecular formula is C14H21N2OS+. The fraction of sp³-hybridized carbons (Fsp3) is 0.500. The van der Waals surface area contributed by atoms with Crippen molar-refractivity contribution in [2.75, 3.05) is 20.1 Å². The molecule has 0 unspecified atom stereocenters. The minimum atomic E-state index is 0.0754. The minimum absolute atomic E-state index is 0.0754. The van der Waals surface area contributed by atoms with Crippen molar-refractivity contribution in [1.82, 2.24) is 4.90 Å². The number of aryl methyl sites for hydroxylation is 1. The maximum Gasteiger partial charge on any atom is 0.236 e. The molecule has 0 aliphatic carbocycles. The number of hydrogen-bond donors (Lipinski definition) is 1. The van der Waals surface area contributed by atoms with Crippen molar-refractivity contribution in [3.05, 3.63) is 35.4 Å². The number of benzene rings is 1. The van der Waals surface area contributed by atoms with Crippen LogP contribution in [0.1, 0.15) is 23.4 Å². The maximum atomic E-state index is 12.2. The second-order valence-corrected chi connectivity index (χ2v) is 6.14. The summed E-state index contributed by atoms with van der Waals surface area (Å²) in [6, 6.07) is 8.36. The maximum absolute atomic E-state index is 12.2. The Morgan fingerprint density at radius 2 is 2.11 bits per heavy atom. The lowest BCUT2D eigenvalue weighted by molar-refractivity contribution is -0.626. The molecule has 1 saturated heterocycles. The van der Waals surface area contributed by atoms with Crippen LogP contribution in [0.2, 0.25) is 0 Å². The molecule has 1 aromatic rings. The molecule has 98 valence electrons. The molecule has 1 aliphatic rings. The molecule has 1 fully saturated rings. The van der Waals surface area contributed by atoms with E-state index in [4.69, 9.17) is 0 Å². The Hall–Kier alpha value is -1.00. The minimum Gasteiger partial charge on any atom is -0.347 e. The first-order valence-corrected chi connectivity index (χ1v) is 7.38. The van der Waals surface area contributed by atoms with E-state index in [0.29, 0.717) is 0 Å². The van der Waals surface area contributed by atoms with Gasteiger partial charge in [0.15, 0.2) is 0 Å². The summed E-state index contributed by atoms with van der Waals surface area (Å²) in [6.07, 6.45) is 0. The van der Waals surface area contributed by atoms with Gasteiger partial charge < -0.3 is 10.2 Å². The molecule has 2 rings (SSSR count). The molecule has 0 spiro atoms. The highest BCUT2D eigenvalue weighted by Gasteiger charge is 2.38. The van der Waals surface area contributed by atoms with Crippen LogP contribution in [0.25, 0.3) is 0 Å². The van der Waals surface area contributed by atoms with Crippen LogP contribution in [-0.2, 0) is 4.79 Å². The summed E-state index contributed by atoms with van der Waals surface area (Å²) in [5, 5.41) is 2.38. The van der Waals surface area contributed by atoms with Crippen molar-refractivity contribution < 1.29 is 10.1 Å². The summed E-state index contributed by atoms with van der Waals surface area (Å²) in [6.45, 7) is 5.91. The average Bonchev–Trinajstić information content (AvgIpc) is 2.64. The number of rotatable bonds is 4. The van der Waals surface area contributed by atoms with Crippen molar-refractivity contribution in [3.8, 4) is 0 Å². The lowest BCUT2D eigenvalue weighted by atomic mass is 10.1. The van der Waals surface area contributed by atoms with Gasteiger partial charge in [-0.1, -0.05) is 24.3 Å². The third kappa shape index (κ3) is 2.54. The van der Waals surface area contributed by atoms with E-state index >= 15 is 0 Å². The topological polar surface area (TPSA) is 36.9 Å². The van der Waals surface area contributed by atoms with E-state index < -0.39 is 0 Å². The van der Waals surface area contributed by atoms with Crippen LogP contribution in [0.15, 0.2) is 24.3 Å². The number of carbonyl (C=O) groups is 1. The van der Waals surface area contributed by atoms with Gasteiger partial charge in [0.2, 0.25) is 5.91 Å². The third-order valence-electron chi connectivity index (χ3n) is 3.36. The summed E-state index contributed by atoms with van der Waals surface area (Å²) >= 11 is 1.76. The van der Waals surface area contributed by atoms with E-state index in [9.17, 15) is 4.79 Å². The highest BCUT2D eigenvalue weighted by molar-refractivity contribution is 8.01. The first-order chi connectivity index (χ1) is 8.65. The van der Waals surface area contributed by atoms with Gasteiger partial charge in [-0.2, -0.15) is 0 Å². The van der Waals surface area contributed by atoms with E-state index in [1.165, 1.54) is 11.1 Å². The Bertz CT molecular complexity index is 436. The molecule has 0 radical (unpaired) electrons. The number of amides is 1. The zero-order valence-corrected chi connectivity index (χ0v) is 12.0. The molecule has 2 N–H and O–H groups in total. The Balaban J connectivity index is 2.25. The van der Waals surface area contributed by atoms with E-state index in [1.54, 1.807) is 11.8 Å². The number of nitrogens with zero attached hydrogens (tertiary/aromatic N) is 1. The summed E-state index contributed by atoms with van der Waals surface area (Å²) in [7, 11) is 2.04. The molecule has 3 nitrogen and oxygen atoms in total. The number of likely N-dealkylation sites (N-methyl/N-ethyl adjacent to an activating group) is 1. The molecule has 2 atom stereocenters. The second kappa shape index (κ2) is 5.76. The van der Waals surface area contributed by atoms with E-state index in [1.807, 2.05) is 24.9 Å². The third-order valence-corrected chi connectivity index (χ3v) is 4.74. The molecule has 1 amide bonds. The molecular weight excluding hydrogens is 244 g/mol. The van der Waals surface area contributed by atoms with Crippen LogP contribution in [0, 0.1) is 6.92 Å². The first kappa shape index (κ1) is 13.4. The molecule has 0 aromatic heterocycles. The zero-order valence-electron chi connectivity index (χ0n) is 11.2. The monoisotopic (exact) mass is 265 g/mol. The smallest absolute Gasteiger partial charge is 0.236 e. The molecule has 0 bridgehead atoms. The number of quaternary nitrogens is 1. The van der Waals surface area contributed by atoms with Gasteiger partial charge in [0.05, 0.1) is 25.4 Å². The van der Waals surface area contributed by atoms with Crippen LogP contribution < -0.4 is 5.32 Å². The molecule has 1 heterocycles. The van der Waals surface area contributed by atoms with E-state index in [-0.39, 0.29) is 16.5 Å². The van der Waals surface area contributed by atoms with Crippen LogP contribution in [0.5, 0.6) is 0 Å². The van der Waals surface area contributed by atoms with Gasteiger partial charge in [0.1, 0.15) is 5.37 Å². The number of carbonyl (C=O) groups excluding carboxylic acids is 1. The van der Waals surface area contributed by atoms with Crippen LogP contribution in [0.3, 0.4) is 0 Å². The van der Waals surface area contributed by atoms with E-state index in [2.05, 4.69) is 30.4 Å². The lowest BCUT2D eigenvalue weighted by Gasteiger charge is -2.24. The van der Waals surface area contributed by atoms with Gasteiger partial charge in [0, 0.05) is 0 Å². The fourth-order valence-electron chi connectivity index (χ4n) is 2.27. The highest BCUT2D eigenvalue weighted by Crippen LogP contribution is 2.43. The number of thioether (sulfide) groups is 1. The summed E-state index contributed by atoms with van der Waals surface area (Å²) in [5.74, 6) is 0.273. The quantitative estimate of drug-likeness (QED) is 0.887. The van der Waals surface area contributed by atoms with Crippen LogP contribution >= 0.6 is 11.8 Å². The average molecular weight is 265 g/mol. The van der Waals surface area contributed by atoms with Crippen molar-refractivity contribution in [2.24, 2.45) is 0 Å². The van der Waals surface area contributed by atoms with Crippen molar-refractivity contribution in [1.29, 1.82) is 0 Å². The van der Waals surface area contributed by atoms with Gasteiger partial charge in [0.25, 0.3) is 0 Å². The van der Waals surface area contributed by atoms with Gasteiger partial charge in [-0.05, 0) is 25.0 Å². The van der Waals surface area contributed by atoms with Crippen molar-refractivity contribution in [2.45, 2.75) is 24.5 Å². The number of nitrogens with two attached hydrogens (primary N) is 1. The summed E-state index contributed by atoms with van der Waals surface area (Å²) < 4.78 is 0. The lowest BCUT2D eigenvalue weighted by Crippen LogP contribution is -2.81. The standard InChI is InChI=1S/C14H20N2OS/c1-10-6-4-5-7-12(10)14-16(9-8-15-3)13(17)11(2)18-14/h4-7,11,14-15H,8-9H2,1-3H3/p+1/t11-,14+/m0/s1. The fourth-order valence-corrected chi connectivity index (χ4v) is 3.68. The van der Waals surface area contributed by atoms with Gasteiger partial charge in [-0.3, -0.25) is 4.79 Å². The Labute approximate surface area is 113 Å². The molecule has 4 heteroatoms. The largest absolute Gasteiger partial charge is 0.347 e. The molecule has 0 saturated carbocycles. The molecule has 18 heavy (non-hydrogen) atoms. The highest BCUT2D eigenvalue weighted by atomic mass is 32.2. The van der Waals surface area contributed by atoms with Gasteiger partial charge in [-0.15, -0.1) is 11.8 Å². The summed E-state index contributed by atoms with van der Waals surface area (Å²) in [5.41, 5.74) is 2.54. The Morgan fingerprint density at radius 3 is 2.78 bits per heavy atom. The normalized spacial score (nSPS) is 23.7. The van der Waals surface area contributed by atoms with E-state index in [0.717, 1.165) is 13.1 Å². The predicted molar refractivity (Wildman–Crippen MR) is 75.4 cm³/mol. The Kier molecular flexibility index (Phi) is 4.30. The van der Waals surface area contributed by atoms with Crippen molar-refractivity contribution >= 4 is 17.7 Å². The molecule has 1 aliphatic heterocycles. The predicted octanol–water partition coefficient (Wildman–Crippen LogP) is 1.15. The summed E-state index contributed by atoms with van der Waals surface area (Å²) in [4.78, 5) is 14.2. The number of hydrogen-bond acceptors (Lipinski definition) is 2. The van der Waals surface area contributed by atoms with Crippen LogP contribution in [0.4, 0.5) is 0 Å². The Morgan fingerprint density at radius 1 is 1.39 bits per heavy atom. The van der Waals surface area contributed by atoms with Gasteiger partial charge >= 0.3 is 0 Å². The van der Waals surface area contributed by atoms with Crippen molar-refractivity contribution in [3.63, 3.8) is 0 Å². The van der Waals surface area contributed by atoms with Crippen LogP contribution in [-0.4, -0.2) is 36.2 Å². The van der Waals surface area contributed by atoms with Gasteiger partial charge in [-0.25, -0.2) is 0 Å². The SMILES string of the molecule is C[NH2+]CCN1C(=O)[C@H](C)S[C@@H]1c1ccccc1C. The molecule has 1 aromatic carbocycles. The first-order valence-electron chi connectivity index (χ1n) is 6.44. The second-order valence-electron chi connectivity index (χ2n) is 4.72. The zero-order chi connectivity index (χ0) is 13.1.